The molecule has 1 aliphatic heterocycles. The summed E-state index contributed by atoms with van der Waals surface area (Å²) in [6.45, 7) is 4.32. The molecule has 3 rings (SSSR count). The van der Waals surface area contributed by atoms with E-state index in [-0.39, 0.29) is 0 Å². The second-order valence-corrected chi connectivity index (χ2v) is 7.07. The van der Waals surface area contributed by atoms with Crippen molar-refractivity contribution in [2.45, 2.75) is 37.9 Å². The highest BCUT2D eigenvalue weighted by atomic mass is 32.2. The van der Waals surface area contributed by atoms with E-state index in [0.717, 1.165) is 42.4 Å². The van der Waals surface area contributed by atoms with Crippen LogP contribution in [0.1, 0.15) is 31.9 Å². The fourth-order valence-corrected chi connectivity index (χ4v) is 3.69. The lowest BCUT2D eigenvalue weighted by molar-refractivity contribution is 0.736. The minimum atomic E-state index is 0.696. The van der Waals surface area contributed by atoms with Crippen molar-refractivity contribution < 1.29 is 0 Å². The Morgan fingerprint density at radius 1 is 1.22 bits per heavy atom. The third kappa shape index (κ3) is 4.02. The number of hydrogen-bond acceptors (Lipinski definition) is 5. The predicted molar refractivity (Wildman–Crippen MR) is 98.0 cm³/mol. The van der Waals surface area contributed by atoms with Gasteiger partial charge in [-0.1, -0.05) is 13.3 Å². The topological polar surface area (TPSA) is 41.9 Å². The number of nitrogens with zero attached hydrogens (tertiary/aromatic N) is 4. The SMILES string of the molecule is CCc1cc(N2CCCCC(SC)C2)nc(-c2ccncc2)n1. The van der Waals surface area contributed by atoms with E-state index < -0.39 is 0 Å². The molecule has 23 heavy (non-hydrogen) atoms. The summed E-state index contributed by atoms with van der Waals surface area (Å²) in [4.78, 5) is 16.1. The van der Waals surface area contributed by atoms with Crippen LogP contribution >= 0.6 is 11.8 Å². The van der Waals surface area contributed by atoms with Crippen LogP contribution in [0.2, 0.25) is 0 Å². The maximum Gasteiger partial charge on any atom is 0.161 e. The van der Waals surface area contributed by atoms with E-state index in [1.54, 1.807) is 12.4 Å². The van der Waals surface area contributed by atoms with Gasteiger partial charge in [-0.3, -0.25) is 4.98 Å². The van der Waals surface area contributed by atoms with Crippen LogP contribution in [-0.4, -0.2) is 39.5 Å². The van der Waals surface area contributed by atoms with E-state index in [0.29, 0.717) is 5.25 Å². The molecule has 3 heterocycles. The Bertz CT molecular complexity index is 632. The van der Waals surface area contributed by atoms with Gasteiger partial charge in [0.15, 0.2) is 5.82 Å². The number of pyridine rings is 1. The fourth-order valence-electron chi connectivity index (χ4n) is 2.96. The van der Waals surface area contributed by atoms with Gasteiger partial charge in [-0.2, -0.15) is 11.8 Å². The van der Waals surface area contributed by atoms with Gasteiger partial charge in [0, 0.05) is 48.1 Å². The summed E-state index contributed by atoms with van der Waals surface area (Å²) in [5.41, 5.74) is 2.14. The third-order valence-electron chi connectivity index (χ3n) is 4.35. The molecule has 1 atom stereocenters. The zero-order chi connectivity index (χ0) is 16.1. The quantitative estimate of drug-likeness (QED) is 0.853. The van der Waals surface area contributed by atoms with Crippen LogP contribution in [0.25, 0.3) is 11.4 Å². The molecule has 1 fully saturated rings. The lowest BCUT2D eigenvalue weighted by Crippen LogP contribution is -2.30. The van der Waals surface area contributed by atoms with Crippen LogP contribution in [0.3, 0.4) is 0 Å². The maximum absolute atomic E-state index is 4.86. The predicted octanol–water partition coefficient (Wildman–Crippen LogP) is 3.82. The number of rotatable bonds is 4. The summed E-state index contributed by atoms with van der Waals surface area (Å²) in [6.07, 6.45) is 10.6. The molecule has 5 heteroatoms. The number of anilines is 1. The molecule has 0 N–H and O–H groups in total. The molecule has 0 saturated carbocycles. The van der Waals surface area contributed by atoms with Crippen molar-refractivity contribution in [1.82, 2.24) is 15.0 Å². The second kappa shape index (κ2) is 7.77. The van der Waals surface area contributed by atoms with Gasteiger partial charge >= 0.3 is 0 Å². The van der Waals surface area contributed by atoms with Crippen LogP contribution in [0.15, 0.2) is 30.6 Å². The van der Waals surface area contributed by atoms with Crippen LogP contribution in [-0.2, 0) is 6.42 Å². The van der Waals surface area contributed by atoms with Gasteiger partial charge in [0.25, 0.3) is 0 Å². The Kier molecular flexibility index (Phi) is 5.49. The van der Waals surface area contributed by atoms with Crippen LogP contribution in [0, 0.1) is 0 Å². The van der Waals surface area contributed by atoms with Crippen LogP contribution in [0.5, 0.6) is 0 Å². The van der Waals surface area contributed by atoms with E-state index in [1.807, 2.05) is 23.9 Å². The van der Waals surface area contributed by atoms with Gasteiger partial charge in [0.2, 0.25) is 0 Å². The number of aryl methyl sites for hydroxylation is 1. The van der Waals surface area contributed by atoms with E-state index in [9.17, 15) is 0 Å². The largest absolute Gasteiger partial charge is 0.355 e. The Labute approximate surface area is 142 Å². The molecular weight excluding hydrogens is 304 g/mol. The van der Waals surface area contributed by atoms with Crippen molar-refractivity contribution in [2.24, 2.45) is 0 Å². The lowest BCUT2D eigenvalue weighted by Gasteiger charge is -2.25. The van der Waals surface area contributed by atoms with Gasteiger partial charge in [0.05, 0.1) is 0 Å². The zero-order valence-electron chi connectivity index (χ0n) is 13.9. The molecule has 1 unspecified atom stereocenters. The van der Waals surface area contributed by atoms with Gasteiger partial charge in [-0.15, -0.1) is 0 Å². The first-order valence-electron chi connectivity index (χ1n) is 8.36. The minimum Gasteiger partial charge on any atom is -0.355 e. The first-order chi connectivity index (χ1) is 11.3. The molecule has 1 aliphatic rings. The molecule has 0 aromatic carbocycles. The molecule has 4 nitrogen and oxygen atoms in total. The summed E-state index contributed by atoms with van der Waals surface area (Å²) in [7, 11) is 0. The number of aromatic nitrogens is 3. The molecule has 0 bridgehead atoms. The van der Waals surface area contributed by atoms with Crippen molar-refractivity contribution in [3.05, 3.63) is 36.3 Å². The highest BCUT2D eigenvalue weighted by molar-refractivity contribution is 7.99. The smallest absolute Gasteiger partial charge is 0.161 e. The minimum absolute atomic E-state index is 0.696. The Morgan fingerprint density at radius 2 is 2.04 bits per heavy atom. The van der Waals surface area contributed by atoms with Crippen molar-refractivity contribution in [2.75, 3.05) is 24.2 Å². The highest BCUT2D eigenvalue weighted by Crippen LogP contribution is 2.26. The molecule has 2 aromatic rings. The van der Waals surface area contributed by atoms with Gasteiger partial charge < -0.3 is 4.90 Å². The normalized spacial score (nSPS) is 18.7. The fraction of sp³-hybridized carbons (Fsp3) is 0.500. The first-order valence-corrected chi connectivity index (χ1v) is 9.65. The molecule has 0 radical (unpaired) electrons. The molecule has 0 amide bonds. The Hall–Kier alpha value is -1.62. The first kappa shape index (κ1) is 16.2. The summed E-state index contributed by atoms with van der Waals surface area (Å²) in [6, 6.07) is 6.12. The van der Waals surface area contributed by atoms with E-state index in [1.165, 1.54) is 19.3 Å². The molecule has 1 saturated heterocycles. The summed E-state index contributed by atoms with van der Waals surface area (Å²) in [5.74, 6) is 1.89. The maximum atomic E-state index is 4.86. The molecule has 2 aromatic heterocycles. The highest BCUT2D eigenvalue weighted by Gasteiger charge is 2.19. The number of thioether (sulfide) groups is 1. The second-order valence-electron chi connectivity index (χ2n) is 5.93. The van der Waals surface area contributed by atoms with Crippen molar-refractivity contribution in [1.29, 1.82) is 0 Å². The number of hydrogen-bond donors (Lipinski definition) is 0. The monoisotopic (exact) mass is 328 g/mol. The van der Waals surface area contributed by atoms with Crippen molar-refractivity contribution in [3.8, 4) is 11.4 Å². The summed E-state index contributed by atoms with van der Waals surface area (Å²) in [5, 5.41) is 0.696. The molecule has 0 aliphatic carbocycles. The molecule has 122 valence electrons. The van der Waals surface area contributed by atoms with E-state index in [4.69, 9.17) is 9.97 Å². The van der Waals surface area contributed by atoms with Crippen molar-refractivity contribution >= 4 is 17.6 Å². The summed E-state index contributed by atoms with van der Waals surface area (Å²) < 4.78 is 0. The van der Waals surface area contributed by atoms with Gasteiger partial charge in [-0.05, 0) is 37.7 Å². The third-order valence-corrected chi connectivity index (χ3v) is 5.40. The summed E-state index contributed by atoms with van der Waals surface area (Å²) >= 11 is 1.97. The average molecular weight is 328 g/mol. The van der Waals surface area contributed by atoms with Gasteiger partial charge in [-0.25, -0.2) is 9.97 Å². The van der Waals surface area contributed by atoms with E-state index in [2.05, 4.69) is 29.1 Å². The Morgan fingerprint density at radius 3 is 2.78 bits per heavy atom. The van der Waals surface area contributed by atoms with Gasteiger partial charge in [0.1, 0.15) is 5.82 Å². The molecule has 0 spiro atoms. The Balaban J connectivity index is 1.95. The lowest BCUT2D eigenvalue weighted by atomic mass is 10.2. The van der Waals surface area contributed by atoms with Crippen LogP contribution < -0.4 is 4.90 Å². The standard InChI is InChI=1S/C18H24N4S/c1-3-15-12-17(22-11-5-4-6-16(13-22)23-2)21-18(20-15)14-7-9-19-10-8-14/h7-10,12,16H,3-6,11,13H2,1-2H3. The average Bonchev–Trinajstić information content (AvgIpc) is 2.87. The van der Waals surface area contributed by atoms with Crippen molar-refractivity contribution in [3.63, 3.8) is 0 Å². The molecular formula is C18H24N4S. The van der Waals surface area contributed by atoms with E-state index >= 15 is 0 Å². The van der Waals surface area contributed by atoms with Crippen LogP contribution in [0.4, 0.5) is 5.82 Å². The zero-order valence-corrected chi connectivity index (χ0v) is 14.7.